The van der Waals surface area contributed by atoms with E-state index >= 15 is 0 Å². The van der Waals surface area contributed by atoms with Crippen LogP contribution in [0.25, 0.3) is 0 Å². The van der Waals surface area contributed by atoms with Crippen molar-refractivity contribution in [2.75, 3.05) is 13.2 Å². The number of hydrogen-bond acceptors (Lipinski definition) is 7. The summed E-state index contributed by atoms with van der Waals surface area (Å²) < 4.78 is 32.1. The zero-order chi connectivity index (χ0) is 26.3. The summed E-state index contributed by atoms with van der Waals surface area (Å²) >= 11 is 13.6. The van der Waals surface area contributed by atoms with E-state index in [4.69, 9.17) is 37.4 Å². The highest BCUT2D eigenvalue weighted by Gasteiger charge is 2.47. The maximum Gasteiger partial charge on any atom is 0.410 e. The lowest BCUT2D eigenvalue weighted by Gasteiger charge is -2.36. The summed E-state index contributed by atoms with van der Waals surface area (Å²) in [6, 6.07) is 17.7. The lowest BCUT2D eigenvalue weighted by Crippen LogP contribution is -2.52. The van der Waals surface area contributed by atoms with Crippen molar-refractivity contribution in [3.05, 3.63) is 87.4 Å². The van der Waals surface area contributed by atoms with E-state index in [-0.39, 0.29) is 13.2 Å². The largest absolute Gasteiger partial charge is 0.465 e. The molecule has 0 unspecified atom stereocenters. The standard InChI is InChI=1S/C26H26Cl2NO5PS/c1-5-32-25(30)16-29(36-22-10-6-17(2)7-11-22)26(35-31,33-20-8-12-23(27)18(3)14-20)34-21-9-13-24(28)19(4)15-21/h6-15H,5,16H2,1-4H3. The highest BCUT2D eigenvalue weighted by atomic mass is 35.5. The molecule has 6 nitrogen and oxygen atoms in total. The fourth-order valence-corrected chi connectivity index (χ4v) is 4.89. The molecule has 0 aliphatic heterocycles. The molecule has 0 amide bonds. The summed E-state index contributed by atoms with van der Waals surface area (Å²) in [5, 5.41) is 1.11. The van der Waals surface area contributed by atoms with Gasteiger partial charge in [-0.25, -0.2) is 0 Å². The van der Waals surface area contributed by atoms with E-state index in [1.165, 1.54) is 4.31 Å². The van der Waals surface area contributed by atoms with Gasteiger partial charge in [0, 0.05) is 14.9 Å². The lowest BCUT2D eigenvalue weighted by molar-refractivity contribution is -0.153. The van der Waals surface area contributed by atoms with Gasteiger partial charge in [0.15, 0.2) is 0 Å². The molecule has 3 aromatic carbocycles. The van der Waals surface area contributed by atoms with Gasteiger partial charge in [-0.3, -0.25) is 9.36 Å². The van der Waals surface area contributed by atoms with Gasteiger partial charge < -0.3 is 14.2 Å². The summed E-state index contributed by atoms with van der Waals surface area (Å²) in [4.78, 5) is 13.4. The molecule has 3 rings (SSSR count). The highest BCUT2D eigenvalue weighted by Crippen LogP contribution is 2.41. The van der Waals surface area contributed by atoms with Crippen molar-refractivity contribution in [1.82, 2.24) is 4.31 Å². The summed E-state index contributed by atoms with van der Waals surface area (Å²) in [6.45, 7) is 7.26. The lowest BCUT2D eigenvalue weighted by atomic mass is 10.2. The van der Waals surface area contributed by atoms with Crippen LogP contribution in [0.3, 0.4) is 0 Å². The Morgan fingerprint density at radius 2 is 1.44 bits per heavy atom. The first-order chi connectivity index (χ1) is 17.2. The molecule has 0 saturated heterocycles. The minimum Gasteiger partial charge on any atom is -0.465 e. The first-order valence-electron chi connectivity index (χ1n) is 11.1. The maximum atomic E-state index is 13.0. The number of esters is 1. The van der Waals surface area contributed by atoms with Gasteiger partial charge in [0.2, 0.25) is 0 Å². The third-order valence-corrected chi connectivity index (χ3v) is 7.72. The van der Waals surface area contributed by atoms with Crippen molar-refractivity contribution in [1.29, 1.82) is 0 Å². The molecule has 0 radical (unpaired) electrons. The minimum atomic E-state index is -1.96. The number of aryl methyl sites for hydroxylation is 3. The topological polar surface area (TPSA) is 65.1 Å². The average molecular weight is 566 g/mol. The Bertz CT molecular complexity index is 1170. The van der Waals surface area contributed by atoms with Crippen LogP contribution in [0.15, 0.2) is 65.6 Å². The second-order valence-corrected chi connectivity index (χ2v) is 10.6. The van der Waals surface area contributed by atoms with Gasteiger partial charge in [-0.1, -0.05) is 40.9 Å². The first kappa shape index (κ1) is 28.3. The van der Waals surface area contributed by atoms with Crippen LogP contribution in [-0.4, -0.2) is 29.1 Å². The fraction of sp³-hybridized carbons (Fsp3) is 0.269. The quantitative estimate of drug-likeness (QED) is 0.101. The second kappa shape index (κ2) is 12.8. The number of carbonyl (C=O) groups excluding carboxylic acids is 1. The Hall–Kier alpha value is -2.28. The van der Waals surface area contributed by atoms with Crippen LogP contribution in [0, 0.1) is 20.8 Å². The van der Waals surface area contributed by atoms with Crippen molar-refractivity contribution in [2.45, 2.75) is 38.2 Å². The molecule has 0 heterocycles. The van der Waals surface area contributed by atoms with Crippen molar-refractivity contribution in [3.8, 4) is 11.5 Å². The van der Waals surface area contributed by atoms with Gasteiger partial charge in [0.05, 0.1) is 6.61 Å². The predicted molar refractivity (Wildman–Crippen MR) is 144 cm³/mol. The zero-order valence-electron chi connectivity index (χ0n) is 20.3. The molecule has 0 N–H and O–H groups in total. The summed E-state index contributed by atoms with van der Waals surface area (Å²) in [6.07, 6.45) is 0. The number of benzene rings is 3. The van der Waals surface area contributed by atoms with E-state index in [2.05, 4.69) is 0 Å². The number of halogens is 2. The normalized spacial score (nSPS) is 11.5. The Morgan fingerprint density at radius 3 is 1.89 bits per heavy atom. The van der Waals surface area contributed by atoms with Crippen LogP contribution in [-0.2, 0) is 14.1 Å². The molecule has 190 valence electrons. The van der Waals surface area contributed by atoms with E-state index < -0.39 is 20.1 Å². The SMILES string of the molecule is CCOC(=O)CN(Sc1ccc(C)cc1)C(Oc1ccc(Cl)c(C)c1)(Oc1ccc(Cl)c(C)c1)P=O. The maximum absolute atomic E-state index is 13.0. The first-order valence-corrected chi connectivity index (χ1v) is 13.4. The van der Waals surface area contributed by atoms with E-state index in [9.17, 15) is 9.36 Å². The zero-order valence-corrected chi connectivity index (χ0v) is 23.5. The van der Waals surface area contributed by atoms with Gasteiger partial charge in [-0.05, 0) is 99.3 Å². The highest BCUT2D eigenvalue weighted by molar-refractivity contribution is 7.97. The van der Waals surface area contributed by atoms with E-state index in [0.29, 0.717) is 21.5 Å². The van der Waals surface area contributed by atoms with Crippen LogP contribution >= 0.6 is 43.6 Å². The van der Waals surface area contributed by atoms with Crippen LogP contribution in [0.1, 0.15) is 23.6 Å². The number of carbonyl (C=O) groups is 1. The number of hydrogen-bond donors (Lipinski definition) is 0. The fourth-order valence-electron chi connectivity index (χ4n) is 3.11. The molecular formula is C26H26Cl2NO5PS. The second-order valence-electron chi connectivity index (χ2n) is 7.91. The summed E-state index contributed by atoms with van der Waals surface area (Å²) in [5.74, 6) is 0.172. The summed E-state index contributed by atoms with van der Waals surface area (Å²) in [5.41, 5.74) is 0.639. The van der Waals surface area contributed by atoms with Crippen LogP contribution in [0.4, 0.5) is 0 Å². The van der Waals surface area contributed by atoms with E-state index in [0.717, 1.165) is 33.5 Å². The number of ether oxygens (including phenoxy) is 3. The smallest absolute Gasteiger partial charge is 0.410 e. The Kier molecular flexibility index (Phi) is 10.1. The van der Waals surface area contributed by atoms with Crippen LogP contribution < -0.4 is 9.47 Å². The average Bonchev–Trinajstić information content (AvgIpc) is 2.84. The molecular weight excluding hydrogens is 540 g/mol. The van der Waals surface area contributed by atoms with Crippen molar-refractivity contribution >= 4 is 49.6 Å². The molecule has 0 fully saturated rings. The number of nitrogens with zero attached hydrogens (tertiary/aromatic N) is 1. The molecule has 36 heavy (non-hydrogen) atoms. The molecule has 0 bridgehead atoms. The van der Waals surface area contributed by atoms with Crippen molar-refractivity contribution in [3.63, 3.8) is 0 Å². The van der Waals surface area contributed by atoms with Gasteiger partial charge in [-0.15, -0.1) is 4.31 Å². The van der Waals surface area contributed by atoms with Gasteiger partial charge in [0.25, 0.3) is 8.46 Å². The summed E-state index contributed by atoms with van der Waals surface area (Å²) in [7, 11) is -0.559. The molecule has 0 saturated carbocycles. The molecule has 0 aliphatic rings. The van der Waals surface area contributed by atoms with Crippen LogP contribution in [0.2, 0.25) is 10.0 Å². The van der Waals surface area contributed by atoms with E-state index in [1.54, 1.807) is 43.3 Å². The predicted octanol–water partition coefficient (Wildman–Crippen LogP) is 7.85. The molecule has 0 atom stereocenters. The number of rotatable bonds is 11. The van der Waals surface area contributed by atoms with Crippen molar-refractivity contribution in [2.24, 2.45) is 0 Å². The molecule has 0 spiro atoms. The Morgan fingerprint density at radius 1 is 0.917 bits per heavy atom. The molecule has 3 aromatic rings. The third kappa shape index (κ3) is 7.37. The third-order valence-electron chi connectivity index (χ3n) is 5.01. The Labute approximate surface area is 227 Å². The van der Waals surface area contributed by atoms with Crippen molar-refractivity contribution < 1.29 is 23.6 Å². The monoisotopic (exact) mass is 565 g/mol. The van der Waals surface area contributed by atoms with E-state index in [1.807, 2.05) is 45.0 Å². The molecule has 0 aliphatic carbocycles. The molecule has 10 heteroatoms. The van der Waals surface area contributed by atoms with Gasteiger partial charge in [-0.2, -0.15) is 0 Å². The van der Waals surface area contributed by atoms with Gasteiger partial charge in [0.1, 0.15) is 18.0 Å². The molecule has 0 aromatic heterocycles. The van der Waals surface area contributed by atoms with Crippen LogP contribution in [0.5, 0.6) is 11.5 Å². The Balaban J connectivity index is 2.11. The minimum absolute atomic E-state index is 0.193. The van der Waals surface area contributed by atoms with Gasteiger partial charge >= 0.3 is 11.6 Å².